The van der Waals surface area contributed by atoms with Crippen LogP contribution in [-0.4, -0.2) is 0 Å². The summed E-state index contributed by atoms with van der Waals surface area (Å²) in [5.41, 5.74) is 14.6. The summed E-state index contributed by atoms with van der Waals surface area (Å²) >= 11 is 1.86. The van der Waals surface area contributed by atoms with Gasteiger partial charge in [-0.25, -0.2) is 0 Å². The van der Waals surface area contributed by atoms with E-state index in [-0.39, 0.29) is 0 Å². The van der Waals surface area contributed by atoms with Crippen molar-refractivity contribution in [3.05, 3.63) is 224 Å². The summed E-state index contributed by atoms with van der Waals surface area (Å²) in [5.74, 6) is 0. The van der Waals surface area contributed by atoms with E-state index in [1.165, 1.54) is 58.8 Å². The fourth-order valence-corrected chi connectivity index (χ4v) is 10.4. The van der Waals surface area contributed by atoms with E-state index in [9.17, 15) is 0 Å². The smallest absolute Gasteiger partial charge is 0.136 e. The summed E-state index contributed by atoms with van der Waals surface area (Å²) in [6, 6.07) is 81.2. The number of hydrogen-bond donors (Lipinski definition) is 0. The summed E-state index contributed by atoms with van der Waals surface area (Å²) in [6.07, 6.45) is 0. The Morgan fingerprint density at radius 2 is 0.885 bits per heavy atom. The molecule has 0 radical (unpaired) electrons. The van der Waals surface area contributed by atoms with Gasteiger partial charge < -0.3 is 9.32 Å². The minimum Gasteiger partial charge on any atom is -0.456 e. The molecule has 61 heavy (non-hydrogen) atoms. The molecule has 3 heteroatoms. The summed E-state index contributed by atoms with van der Waals surface area (Å²) in [6.45, 7) is 0. The largest absolute Gasteiger partial charge is 0.456 e. The van der Waals surface area contributed by atoms with Crippen LogP contribution in [0.3, 0.4) is 0 Å². The van der Waals surface area contributed by atoms with Crippen LogP contribution in [0.1, 0.15) is 0 Å². The summed E-state index contributed by atoms with van der Waals surface area (Å²) in [5, 5.41) is 7.36. The molecular formula is C58H37NOS. The van der Waals surface area contributed by atoms with Crippen LogP contribution < -0.4 is 4.90 Å². The lowest BCUT2D eigenvalue weighted by Gasteiger charge is -2.29. The molecule has 0 aliphatic carbocycles. The van der Waals surface area contributed by atoms with Gasteiger partial charge >= 0.3 is 0 Å². The highest BCUT2D eigenvalue weighted by atomic mass is 32.1. The van der Waals surface area contributed by atoms with E-state index in [0.717, 1.165) is 55.7 Å². The first-order chi connectivity index (χ1) is 30.2. The zero-order valence-corrected chi connectivity index (χ0v) is 33.9. The first kappa shape index (κ1) is 35.2. The van der Waals surface area contributed by atoms with E-state index < -0.39 is 0 Å². The van der Waals surface area contributed by atoms with Gasteiger partial charge in [-0.1, -0.05) is 164 Å². The lowest BCUT2D eigenvalue weighted by molar-refractivity contribution is 0.669. The van der Waals surface area contributed by atoms with Crippen LogP contribution in [0.5, 0.6) is 0 Å². The Morgan fingerprint density at radius 1 is 0.328 bits per heavy atom. The lowest BCUT2D eigenvalue weighted by Crippen LogP contribution is -2.11. The molecule has 2 nitrogen and oxygen atoms in total. The maximum absolute atomic E-state index is 6.29. The number of furan rings is 1. The van der Waals surface area contributed by atoms with Gasteiger partial charge in [-0.05, 0) is 110 Å². The number of anilines is 3. The molecule has 2 aromatic heterocycles. The van der Waals surface area contributed by atoms with Crippen molar-refractivity contribution >= 4 is 81.3 Å². The van der Waals surface area contributed by atoms with Crippen molar-refractivity contribution in [1.82, 2.24) is 0 Å². The van der Waals surface area contributed by atoms with Crippen molar-refractivity contribution in [3.8, 4) is 44.5 Å². The highest BCUT2D eigenvalue weighted by Gasteiger charge is 2.21. The molecule has 0 unspecified atom stereocenters. The number of nitrogens with zero attached hydrogens (tertiary/aromatic N) is 1. The van der Waals surface area contributed by atoms with Gasteiger partial charge in [0.2, 0.25) is 0 Å². The molecule has 10 aromatic carbocycles. The van der Waals surface area contributed by atoms with E-state index in [0.29, 0.717) is 0 Å². The van der Waals surface area contributed by atoms with Crippen LogP contribution in [0.2, 0.25) is 0 Å². The van der Waals surface area contributed by atoms with Crippen molar-refractivity contribution in [1.29, 1.82) is 0 Å². The Kier molecular flexibility index (Phi) is 8.39. The van der Waals surface area contributed by atoms with Crippen LogP contribution in [0.4, 0.5) is 17.1 Å². The number of thiophene rings is 1. The topological polar surface area (TPSA) is 16.4 Å². The summed E-state index contributed by atoms with van der Waals surface area (Å²) in [7, 11) is 0. The second kappa shape index (κ2) is 14.5. The second-order valence-corrected chi connectivity index (χ2v) is 16.7. The molecule has 0 aliphatic rings. The first-order valence-electron chi connectivity index (χ1n) is 20.7. The van der Waals surface area contributed by atoms with Gasteiger partial charge in [-0.3, -0.25) is 0 Å². The Morgan fingerprint density at radius 3 is 1.69 bits per heavy atom. The monoisotopic (exact) mass is 795 g/mol. The Balaban J connectivity index is 1.02. The quantitative estimate of drug-likeness (QED) is 0.160. The molecule has 0 spiro atoms. The summed E-state index contributed by atoms with van der Waals surface area (Å²) in [4.78, 5) is 2.41. The lowest BCUT2D eigenvalue weighted by atomic mass is 9.90. The van der Waals surface area contributed by atoms with E-state index in [1.807, 2.05) is 23.5 Å². The highest BCUT2D eigenvalue weighted by molar-refractivity contribution is 7.25. The van der Waals surface area contributed by atoms with Gasteiger partial charge in [0.25, 0.3) is 0 Å². The van der Waals surface area contributed by atoms with Crippen LogP contribution in [0.25, 0.3) is 97.4 Å². The molecular weight excluding hydrogens is 759 g/mol. The first-order valence-corrected chi connectivity index (χ1v) is 21.6. The molecule has 0 atom stereocenters. The predicted octanol–water partition coefficient (Wildman–Crippen LogP) is 17.2. The number of benzene rings is 10. The van der Waals surface area contributed by atoms with Crippen LogP contribution in [-0.2, 0) is 0 Å². The normalized spacial score (nSPS) is 11.6. The van der Waals surface area contributed by atoms with E-state index in [2.05, 4.69) is 217 Å². The number of rotatable bonds is 7. The van der Waals surface area contributed by atoms with Crippen molar-refractivity contribution in [2.75, 3.05) is 4.90 Å². The average Bonchev–Trinajstić information content (AvgIpc) is 3.90. The molecule has 0 amide bonds. The molecule has 2 heterocycles. The maximum atomic E-state index is 6.29. The average molecular weight is 796 g/mol. The number of fused-ring (bicyclic) bond motifs is 7. The van der Waals surface area contributed by atoms with Gasteiger partial charge in [-0.15, -0.1) is 11.3 Å². The van der Waals surface area contributed by atoms with Crippen molar-refractivity contribution in [2.45, 2.75) is 0 Å². The molecule has 12 aromatic rings. The van der Waals surface area contributed by atoms with Crippen LogP contribution >= 0.6 is 11.3 Å². The van der Waals surface area contributed by atoms with E-state index in [4.69, 9.17) is 4.42 Å². The Hall–Kier alpha value is -7.72. The molecule has 0 bridgehead atoms. The molecule has 0 saturated carbocycles. The maximum Gasteiger partial charge on any atom is 0.136 e. The van der Waals surface area contributed by atoms with E-state index >= 15 is 0 Å². The van der Waals surface area contributed by atoms with E-state index in [1.54, 1.807) is 0 Å². The van der Waals surface area contributed by atoms with Gasteiger partial charge in [0.1, 0.15) is 11.2 Å². The summed E-state index contributed by atoms with van der Waals surface area (Å²) < 4.78 is 8.91. The third kappa shape index (κ3) is 6.01. The van der Waals surface area contributed by atoms with Crippen molar-refractivity contribution in [3.63, 3.8) is 0 Å². The molecule has 286 valence electrons. The van der Waals surface area contributed by atoms with Crippen molar-refractivity contribution in [2.24, 2.45) is 0 Å². The molecule has 0 aliphatic heterocycles. The SMILES string of the molecule is c1ccc(-c2cccc3cccc(-c4ccccc4N(c4ccc(-c5ccc6c(c5)oc5ccccc56)cc4)c4ccc(-c5cccc6sc7ccccc7c56)cc4)c23)cc1. The minimum atomic E-state index is 0.898. The standard InChI is InChI=1S/C58H37NOS/c1-2-13-39(14-3-1)45-20-10-15-41-16-11-22-50(57(41)45)47-17-4-7-23-52(47)59(43-32-27-38(28-33-43)42-31-36-49-48-18-5-8-24-53(48)60-54(49)37-42)44-34-29-40(30-35-44)46-21-12-26-56-58(46)51-19-6-9-25-55(51)61-56/h1-37H. The van der Waals surface area contributed by atoms with Crippen molar-refractivity contribution < 1.29 is 4.42 Å². The number of para-hydroxylation sites is 2. The van der Waals surface area contributed by atoms with Gasteiger partial charge in [0.05, 0.1) is 5.69 Å². The fourth-order valence-electron chi connectivity index (χ4n) is 9.26. The fraction of sp³-hybridized carbons (Fsp3) is 0. The molecule has 0 fully saturated rings. The Bertz CT molecular complexity index is 3570. The van der Waals surface area contributed by atoms with Gasteiger partial charge in [0, 0.05) is 47.9 Å². The van der Waals surface area contributed by atoms with Crippen LogP contribution in [0, 0.1) is 0 Å². The van der Waals surface area contributed by atoms with Gasteiger partial charge in [0.15, 0.2) is 0 Å². The number of hydrogen-bond acceptors (Lipinski definition) is 3. The molecule has 12 rings (SSSR count). The third-order valence-electron chi connectivity index (χ3n) is 12.1. The molecule has 0 N–H and O–H groups in total. The highest BCUT2D eigenvalue weighted by Crippen LogP contribution is 2.46. The predicted molar refractivity (Wildman–Crippen MR) is 261 cm³/mol. The Labute approximate surface area is 357 Å². The second-order valence-electron chi connectivity index (χ2n) is 15.6. The zero-order valence-electron chi connectivity index (χ0n) is 33.1. The van der Waals surface area contributed by atoms with Gasteiger partial charge in [-0.2, -0.15) is 0 Å². The van der Waals surface area contributed by atoms with Crippen LogP contribution in [0.15, 0.2) is 229 Å². The minimum absolute atomic E-state index is 0.898. The third-order valence-corrected chi connectivity index (χ3v) is 13.2. The molecule has 0 saturated heterocycles. The zero-order chi connectivity index (χ0) is 40.3.